The highest BCUT2D eigenvalue weighted by Gasteiger charge is 2.23. The summed E-state index contributed by atoms with van der Waals surface area (Å²) in [5.74, 6) is -0.213. The summed E-state index contributed by atoms with van der Waals surface area (Å²) in [5, 5.41) is 2.86. The Bertz CT molecular complexity index is 858. The van der Waals surface area contributed by atoms with Crippen LogP contribution in [0.25, 0.3) is 6.08 Å². The lowest BCUT2D eigenvalue weighted by Gasteiger charge is -2.26. The lowest BCUT2D eigenvalue weighted by Crippen LogP contribution is -2.31. The molecular weight excluding hydrogens is 386 g/mol. The van der Waals surface area contributed by atoms with Crippen LogP contribution in [0.3, 0.4) is 0 Å². The molecule has 0 saturated carbocycles. The van der Waals surface area contributed by atoms with Gasteiger partial charge in [0.15, 0.2) is 0 Å². The van der Waals surface area contributed by atoms with E-state index in [0.717, 1.165) is 30.8 Å². The zero-order valence-electron chi connectivity index (χ0n) is 17.1. The fourth-order valence-electron chi connectivity index (χ4n) is 3.35. The van der Waals surface area contributed by atoms with Gasteiger partial charge in [0.2, 0.25) is 5.91 Å². The van der Waals surface area contributed by atoms with Crippen molar-refractivity contribution in [3.05, 3.63) is 60.2 Å². The summed E-state index contributed by atoms with van der Waals surface area (Å²) in [6.45, 7) is 2.07. The predicted octanol–water partition coefficient (Wildman–Crippen LogP) is 4.22. The number of rotatable bonds is 6. The van der Waals surface area contributed by atoms with Gasteiger partial charge in [-0.15, -0.1) is 0 Å². The van der Waals surface area contributed by atoms with Gasteiger partial charge in [0.1, 0.15) is 0 Å². The normalized spacial score (nSPS) is 17.9. The van der Waals surface area contributed by atoms with E-state index >= 15 is 0 Å². The number of nitrogens with zero attached hydrogens (tertiary/aromatic N) is 2. The number of nitrogens with one attached hydrogen (secondary N) is 1. The molecule has 1 aliphatic rings. The van der Waals surface area contributed by atoms with Crippen molar-refractivity contribution in [1.29, 1.82) is 0 Å². The van der Waals surface area contributed by atoms with Crippen molar-refractivity contribution in [3.8, 4) is 0 Å². The molecule has 3 rings (SSSR count). The molecule has 1 heterocycles. The van der Waals surface area contributed by atoms with Crippen molar-refractivity contribution in [1.82, 2.24) is 4.90 Å². The third-order valence-corrected chi connectivity index (χ3v) is 6.31. The topological polar surface area (TPSA) is 76.0 Å². The van der Waals surface area contributed by atoms with Crippen molar-refractivity contribution >= 4 is 33.9 Å². The molecule has 3 N–H and O–H groups in total. The van der Waals surface area contributed by atoms with Crippen LogP contribution in [0.2, 0.25) is 0 Å². The van der Waals surface area contributed by atoms with Crippen LogP contribution in [-0.4, -0.2) is 59.4 Å². The third-order valence-electron chi connectivity index (χ3n) is 5.15. The standard InChI is InChI=1S/C22H29N3O3S/c1-24(2)20-14-15-25(16-20)19-9-7-18(8-10-19)23-22(26)13-6-17-4-11-21(12-5-17)29(3,27)28/h4-13,20,27-28H,14-16H2,1-3H3,(H,23,26). The molecule has 1 amide bonds. The van der Waals surface area contributed by atoms with Gasteiger partial charge in [-0.3, -0.25) is 13.9 Å². The Morgan fingerprint density at radius 2 is 1.79 bits per heavy atom. The van der Waals surface area contributed by atoms with E-state index in [9.17, 15) is 13.9 Å². The number of amides is 1. The van der Waals surface area contributed by atoms with E-state index in [1.807, 2.05) is 24.3 Å². The van der Waals surface area contributed by atoms with Crippen LogP contribution in [0.5, 0.6) is 0 Å². The molecule has 0 aromatic heterocycles. The van der Waals surface area contributed by atoms with Gasteiger partial charge >= 0.3 is 0 Å². The SMILES string of the molecule is CN(C)C1CCN(c2ccc(NC(=O)C=Cc3ccc(S(C)(O)O)cc3)cc2)C1. The lowest BCUT2D eigenvalue weighted by molar-refractivity contribution is -0.111. The molecule has 0 bridgehead atoms. The second-order valence-corrected chi connectivity index (χ2v) is 9.76. The first kappa shape index (κ1) is 21.4. The Balaban J connectivity index is 1.55. The minimum absolute atomic E-state index is 0.213. The summed E-state index contributed by atoms with van der Waals surface area (Å²) in [6, 6.07) is 15.3. The Morgan fingerprint density at radius 3 is 2.34 bits per heavy atom. The highest BCUT2D eigenvalue weighted by Crippen LogP contribution is 2.43. The molecule has 1 fully saturated rings. The average Bonchev–Trinajstić information content (AvgIpc) is 3.17. The zero-order chi connectivity index (χ0) is 21.0. The number of benzene rings is 2. The molecule has 7 heteroatoms. The summed E-state index contributed by atoms with van der Waals surface area (Å²) in [5.41, 5.74) is 2.74. The summed E-state index contributed by atoms with van der Waals surface area (Å²) < 4.78 is 19.3. The molecule has 1 unspecified atom stereocenters. The van der Waals surface area contributed by atoms with E-state index in [-0.39, 0.29) is 5.91 Å². The molecule has 1 atom stereocenters. The third kappa shape index (κ3) is 5.83. The van der Waals surface area contributed by atoms with Gasteiger partial charge in [-0.25, -0.2) is 0 Å². The van der Waals surface area contributed by atoms with Crippen molar-refractivity contribution in [2.24, 2.45) is 0 Å². The van der Waals surface area contributed by atoms with E-state index in [1.54, 1.807) is 30.3 Å². The second kappa shape index (κ2) is 9.00. The van der Waals surface area contributed by atoms with Gasteiger partial charge in [0.25, 0.3) is 0 Å². The Morgan fingerprint density at radius 1 is 1.14 bits per heavy atom. The molecule has 6 nitrogen and oxygen atoms in total. The minimum Gasteiger partial charge on any atom is -0.370 e. The quantitative estimate of drug-likeness (QED) is 0.616. The molecule has 156 valence electrons. The molecule has 0 radical (unpaired) electrons. The van der Waals surface area contributed by atoms with E-state index in [1.165, 1.54) is 18.0 Å². The minimum atomic E-state index is -2.72. The molecule has 2 aromatic rings. The Labute approximate surface area is 174 Å². The van der Waals surface area contributed by atoms with Gasteiger partial charge in [0.05, 0.1) is 4.90 Å². The fourth-order valence-corrected chi connectivity index (χ4v) is 4.00. The Kier molecular flexibility index (Phi) is 6.64. The van der Waals surface area contributed by atoms with Gasteiger partial charge in [-0.05, 0) is 68.6 Å². The van der Waals surface area contributed by atoms with Gasteiger partial charge in [0, 0.05) is 42.8 Å². The molecule has 1 aliphatic heterocycles. The Hall–Kier alpha value is -2.32. The summed E-state index contributed by atoms with van der Waals surface area (Å²) in [4.78, 5) is 17.3. The van der Waals surface area contributed by atoms with Crippen molar-refractivity contribution in [2.75, 3.05) is 43.7 Å². The van der Waals surface area contributed by atoms with Gasteiger partial charge in [-0.2, -0.15) is 10.6 Å². The maximum absolute atomic E-state index is 12.2. The highest BCUT2D eigenvalue weighted by molar-refractivity contribution is 8.23. The van der Waals surface area contributed by atoms with Crippen LogP contribution >= 0.6 is 10.6 Å². The number of hydrogen-bond acceptors (Lipinski definition) is 5. The first-order chi connectivity index (χ1) is 13.7. The number of hydrogen-bond donors (Lipinski definition) is 3. The molecule has 2 aromatic carbocycles. The smallest absolute Gasteiger partial charge is 0.248 e. The number of carbonyl (C=O) groups is 1. The number of likely N-dealkylation sites (N-methyl/N-ethyl adjacent to an activating group) is 1. The molecule has 0 aliphatic carbocycles. The maximum atomic E-state index is 12.2. The van der Waals surface area contributed by atoms with Crippen LogP contribution in [-0.2, 0) is 4.79 Å². The summed E-state index contributed by atoms with van der Waals surface area (Å²) in [6.07, 6.45) is 5.71. The van der Waals surface area contributed by atoms with E-state index in [2.05, 4.69) is 29.2 Å². The van der Waals surface area contributed by atoms with Crippen molar-refractivity contribution < 1.29 is 13.9 Å². The monoisotopic (exact) mass is 415 g/mol. The van der Waals surface area contributed by atoms with Crippen molar-refractivity contribution in [3.63, 3.8) is 0 Å². The largest absolute Gasteiger partial charge is 0.370 e. The summed E-state index contributed by atoms with van der Waals surface area (Å²) in [7, 11) is 1.52. The van der Waals surface area contributed by atoms with E-state index < -0.39 is 10.6 Å². The molecule has 0 spiro atoms. The van der Waals surface area contributed by atoms with E-state index in [0.29, 0.717) is 10.9 Å². The zero-order valence-corrected chi connectivity index (χ0v) is 17.9. The molecule has 1 saturated heterocycles. The van der Waals surface area contributed by atoms with E-state index in [4.69, 9.17) is 0 Å². The first-order valence-corrected chi connectivity index (χ1v) is 11.5. The average molecular weight is 416 g/mol. The molecular formula is C22H29N3O3S. The van der Waals surface area contributed by atoms with Gasteiger partial charge < -0.3 is 15.1 Å². The molecule has 29 heavy (non-hydrogen) atoms. The van der Waals surface area contributed by atoms with Crippen LogP contribution in [0.15, 0.2) is 59.5 Å². The van der Waals surface area contributed by atoms with Crippen molar-refractivity contribution in [2.45, 2.75) is 17.4 Å². The van der Waals surface area contributed by atoms with Crippen LogP contribution in [0, 0.1) is 0 Å². The first-order valence-electron chi connectivity index (χ1n) is 9.56. The number of carbonyl (C=O) groups excluding carboxylic acids is 1. The number of anilines is 2. The highest BCUT2D eigenvalue weighted by atomic mass is 32.3. The maximum Gasteiger partial charge on any atom is 0.248 e. The fraction of sp³-hybridized carbons (Fsp3) is 0.318. The summed E-state index contributed by atoms with van der Waals surface area (Å²) >= 11 is 0. The second-order valence-electron chi connectivity index (χ2n) is 7.62. The van der Waals surface area contributed by atoms with Crippen LogP contribution in [0.4, 0.5) is 11.4 Å². The lowest BCUT2D eigenvalue weighted by atomic mass is 10.2. The van der Waals surface area contributed by atoms with Crippen LogP contribution < -0.4 is 10.2 Å². The van der Waals surface area contributed by atoms with Gasteiger partial charge in [-0.1, -0.05) is 12.1 Å². The van der Waals surface area contributed by atoms with Crippen LogP contribution in [0.1, 0.15) is 12.0 Å². The predicted molar refractivity (Wildman–Crippen MR) is 122 cm³/mol.